The number of aliphatic imine (C=N–C) groups is 1. The van der Waals surface area contributed by atoms with E-state index in [0.29, 0.717) is 42.7 Å². The van der Waals surface area contributed by atoms with Crippen LogP contribution in [0.3, 0.4) is 0 Å². The molecule has 44 heavy (non-hydrogen) atoms. The van der Waals surface area contributed by atoms with Crippen LogP contribution in [0.2, 0.25) is 0 Å². The molecule has 1 unspecified atom stereocenters. The number of carbonyl (C=O) groups is 3. The molecular formula is C30H32F2N6O5S. The zero-order valence-corrected chi connectivity index (χ0v) is 25.3. The van der Waals surface area contributed by atoms with Gasteiger partial charge in [0.25, 0.3) is 0 Å². The third kappa shape index (κ3) is 6.02. The minimum absolute atomic E-state index is 0.0432. The van der Waals surface area contributed by atoms with E-state index >= 15 is 0 Å². The predicted octanol–water partition coefficient (Wildman–Crippen LogP) is 2.84. The number of thiazole rings is 1. The molecule has 3 aliphatic rings. The third-order valence-corrected chi connectivity index (χ3v) is 8.64. The Kier molecular flexibility index (Phi) is 8.71. The third-order valence-electron chi connectivity index (χ3n) is 7.86. The molecule has 2 fully saturated rings. The molecular weight excluding hydrogens is 594 g/mol. The lowest BCUT2D eigenvalue weighted by Gasteiger charge is -2.38. The molecule has 232 valence electrons. The van der Waals surface area contributed by atoms with E-state index in [1.54, 1.807) is 42.1 Å². The van der Waals surface area contributed by atoms with Crippen molar-refractivity contribution in [3.8, 4) is 12.3 Å². The number of aliphatic carboxylic acids is 1. The van der Waals surface area contributed by atoms with Gasteiger partial charge < -0.3 is 25.0 Å². The van der Waals surface area contributed by atoms with Crippen molar-refractivity contribution < 1.29 is 33.0 Å². The first kappa shape index (κ1) is 31.1. The molecule has 4 heterocycles. The first-order chi connectivity index (χ1) is 20.9. The minimum Gasteiger partial charge on any atom is -0.481 e. The van der Waals surface area contributed by atoms with E-state index in [1.165, 1.54) is 11.3 Å². The van der Waals surface area contributed by atoms with E-state index in [0.717, 1.165) is 12.1 Å². The lowest BCUT2D eigenvalue weighted by Crippen LogP contribution is -2.53. The van der Waals surface area contributed by atoms with Crippen LogP contribution in [0.1, 0.15) is 42.9 Å². The second-order valence-corrected chi connectivity index (χ2v) is 12.3. The Hall–Kier alpha value is -4.35. The Morgan fingerprint density at radius 3 is 2.66 bits per heavy atom. The Balaban J connectivity index is 1.49. The molecule has 2 amide bonds. The van der Waals surface area contributed by atoms with Crippen molar-refractivity contribution in [3.05, 3.63) is 62.7 Å². The first-order valence-corrected chi connectivity index (χ1v) is 14.9. The average molecular weight is 627 g/mol. The fourth-order valence-electron chi connectivity index (χ4n) is 5.64. The molecule has 0 spiro atoms. The van der Waals surface area contributed by atoms with Gasteiger partial charge in [-0.15, -0.1) is 17.8 Å². The van der Waals surface area contributed by atoms with Gasteiger partial charge in [-0.2, -0.15) is 0 Å². The number of fused-ring (bicyclic) bond motifs is 1. The number of piperazine rings is 1. The average Bonchev–Trinajstić information content (AvgIpc) is 3.62. The van der Waals surface area contributed by atoms with Crippen LogP contribution in [0.25, 0.3) is 0 Å². The van der Waals surface area contributed by atoms with Crippen molar-refractivity contribution in [1.29, 1.82) is 0 Å². The maximum atomic E-state index is 14.6. The number of amides is 2. The number of carboxylic acid groups (broad SMARTS) is 1. The number of esters is 1. The summed E-state index contributed by atoms with van der Waals surface area (Å²) < 4.78 is 34.1. The van der Waals surface area contributed by atoms with Gasteiger partial charge in [-0.05, 0) is 32.9 Å². The first-order valence-electron chi connectivity index (χ1n) is 14.0. The summed E-state index contributed by atoms with van der Waals surface area (Å²) in [6.07, 6.45) is 7.27. The fraction of sp³-hybridized carbons (Fsp3) is 0.433. The molecule has 3 aliphatic heterocycles. The van der Waals surface area contributed by atoms with E-state index in [2.05, 4.69) is 21.1 Å². The smallest absolute Gasteiger partial charge is 0.338 e. The van der Waals surface area contributed by atoms with Crippen LogP contribution < -0.4 is 5.32 Å². The quantitative estimate of drug-likeness (QED) is 0.322. The molecule has 14 heteroatoms. The summed E-state index contributed by atoms with van der Waals surface area (Å²) in [6, 6.07) is 0.342. The number of nitrogens with one attached hydrogen (secondary N) is 1. The number of hydrogen-bond acceptors (Lipinski definition) is 9. The molecule has 2 saturated heterocycles. The van der Waals surface area contributed by atoms with E-state index in [4.69, 9.17) is 16.2 Å². The van der Waals surface area contributed by atoms with Gasteiger partial charge in [-0.25, -0.2) is 23.4 Å². The van der Waals surface area contributed by atoms with Crippen LogP contribution >= 0.6 is 11.3 Å². The number of terminal acetylenes is 1. The van der Waals surface area contributed by atoms with Crippen LogP contribution in [0.15, 0.2) is 40.0 Å². The highest BCUT2D eigenvalue weighted by Crippen LogP contribution is 2.36. The number of carbonyl (C=O) groups excluding carboxylic acids is 2. The zero-order chi connectivity index (χ0) is 31.8. The number of aromatic nitrogens is 1. The van der Waals surface area contributed by atoms with Gasteiger partial charge in [0.2, 0.25) is 0 Å². The number of halogens is 2. The highest BCUT2D eigenvalue weighted by Gasteiger charge is 2.44. The second kappa shape index (κ2) is 12.3. The normalized spacial score (nSPS) is 20.6. The highest BCUT2D eigenvalue weighted by atomic mass is 32.1. The monoisotopic (exact) mass is 626 g/mol. The summed E-state index contributed by atoms with van der Waals surface area (Å²) in [4.78, 5) is 52.7. The number of hydrogen-bond donors (Lipinski definition) is 2. The molecule has 1 aromatic heterocycles. The standard InChI is InChI=1S/C30H32F2N6O5S/c1-5-17-11-20(31)21(32)12-19(17)24-23(27(39)43-6-2)22(34-25(35-24)26-33-7-10-44-26)15-36-8-9-38-18(13-36)14-37(29(38)42)16-30(3,4)28(40)41/h1,7,10-12,18,24H,6,8-9,13-16H2,2-4H3,(H,34,35)(H,40,41)/t18-,24?/m0/s1. The minimum atomic E-state index is -1.13. The Morgan fingerprint density at radius 2 is 2.00 bits per heavy atom. The second-order valence-electron chi connectivity index (χ2n) is 11.4. The predicted molar refractivity (Wildman–Crippen MR) is 158 cm³/mol. The van der Waals surface area contributed by atoms with Crippen molar-refractivity contribution in [3.63, 3.8) is 0 Å². The maximum Gasteiger partial charge on any atom is 0.338 e. The summed E-state index contributed by atoms with van der Waals surface area (Å²) in [5, 5.41) is 15.1. The number of carboxylic acids is 1. The molecule has 0 bridgehead atoms. The zero-order valence-electron chi connectivity index (χ0n) is 24.5. The van der Waals surface area contributed by atoms with Gasteiger partial charge in [-0.3, -0.25) is 14.7 Å². The van der Waals surface area contributed by atoms with Crippen LogP contribution in [0, 0.1) is 29.4 Å². The lowest BCUT2D eigenvalue weighted by atomic mass is 9.91. The van der Waals surface area contributed by atoms with Crippen LogP contribution in [-0.4, -0.2) is 101 Å². The SMILES string of the molecule is C#Cc1cc(F)c(F)cc1C1N=C(c2nccs2)NC(CN2CCN3C(=O)N(CC(C)(C)C(=O)O)C[C@@H]3C2)=C1C(=O)OCC. The number of rotatable bonds is 9. The summed E-state index contributed by atoms with van der Waals surface area (Å²) in [5.41, 5.74) is -0.396. The van der Waals surface area contributed by atoms with E-state index in [9.17, 15) is 28.3 Å². The molecule has 5 rings (SSSR count). The van der Waals surface area contributed by atoms with Crippen molar-refractivity contribution in [2.24, 2.45) is 10.4 Å². The van der Waals surface area contributed by atoms with Gasteiger partial charge in [0.15, 0.2) is 22.5 Å². The number of benzene rings is 1. The summed E-state index contributed by atoms with van der Waals surface area (Å²) in [6.45, 7) is 6.86. The molecule has 0 radical (unpaired) electrons. The van der Waals surface area contributed by atoms with Crippen molar-refractivity contribution >= 4 is 35.1 Å². The Bertz CT molecular complexity index is 1580. The van der Waals surface area contributed by atoms with Crippen molar-refractivity contribution in [2.75, 3.05) is 45.9 Å². The van der Waals surface area contributed by atoms with Crippen LogP contribution in [-0.2, 0) is 14.3 Å². The molecule has 2 N–H and O–H groups in total. The van der Waals surface area contributed by atoms with Gasteiger partial charge >= 0.3 is 18.0 Å². The number of ether oxygens (including phenoxy) is 1. The van der Waals surface area contributed by atoms with E-state index < -0.39 is 35.0 Å². The molecule has 2 atom stereocenters. The van der Waals surface area contributed by atoms with E-state index in [-0.39, 0.29) is 48.5 Å². The van der Waals surface area contributed by atoms with Gasteiger partial charge in [-0.1, -0.05) is 5.92 Å². The lowest BCUT2D eigenvalue weighted by molar-refractivity contribution is -0.147. The van der Waals surface area contributed by atoms with Crippen molar-refractivity contribution in [2.45, 2.75) is 32.9 Å². The molecule has 11 nitrogen and oxygen atoms in total. The fourth-order valence-corrected chi connectivity index (χ4v) is 6.23. The Morgan fingerprint density at radius 1 is 1.25 bits per heavy atom. The van der Waals surface area contributed by atoms with Crippen LogP contribution in [0.5, 0.6) is 0 Å². The topological polar surface area (TPSA) is 128 Å². The molecule has 0 saturated carbocycles. The highest BCUT2D eigenvalue weighted by molar-refractivity contribution is 7.11. The number of amidine groups is 1. The number of nitrogens with zero attached hydrogens (tertiary/aromatic N) is 5. The summed E-state index contributed by atoms with van der Waals surface area (Å²) in [7, 11) is 0. The van der Waals surface area contributed by atoms with E-state index in [1.807, 2.05) is 0 Å². The summed E-state index contributed by atoms with van der Waals surface area (Å²) in [5.74, 6) is -1.21. The largest absolute Gasteiger partial charge is 0.481 e. The number of urea groups is 1. The van der Waals surface area contributed by atoms with Crippen molar-refractivity contribution in [1.82, 2.24) is 25.0 Å². The Labute approximate surface area is 257 Å². The van der Waals surface area contributed by atoms with Gasteiger partial charge in [0, 0.05) is 67.7 Å². The van der Waals surface area contributed by atoms with Gasteiger partial charge in [0.05, 0.1) is 23.6 Å². The molecule has 2 aromatic rings. The van der Waals surface area contributed by atoms with Crippen LogP contribution in [0.4, 0.5) is 13.6 Å². The molecule has 0 aliphatic carbocycles. The van der Waals surface area contributed by atoms with Gasteiger partial charge in [0.1, 0.15) is 6.04 Å². The maximum absolute atomic E-state index is 14.6. The molecule has 1 aromatic carbocycles. The summed E-state index contributed by atoms with van der Waals surface area (Å²) >= 11 is 1.31.